The molecule has 0 heterocycles. The summed E-state index contributed by atoms with van der Waals surface area (Å²) in [6.45, 7) is 6.84. The molecule has 2 aromatic carbocycles. The SMILES string of the molecule is COC(=O)/C=C\C(=O)NCCC(=O)N[C@H](C(=O)N[C@@H](C)C(=O)Nc1ccc(COC(=O)Oc2ccc(C)cc2)cc1)C(C)C. The molecule has 0 fully saturated rings. The summed E-state index contributed by atoms with van der Waals surface area (Å²) < 4.78 is 14.6. The predicted octanol–water partition coefficient (Wildman–Crippen LogP) is 2.53. The number of ether oxygens (including phenoxy) is 3. The summed E-state index contributed by atoms with van der Waals surface area (Å²) in [5.74, 6) is -2.72. The van der Waals surface area contributed by atoms with Gasteiger partial charge in [0, 0.05) is 30.8 Å². The summed E-state index contributed by atoms with van der Waals surface area (Å²) in [6, 6.07) is 11.7. The van der Waals surface area contributed by atoms with Gasteiger partial charge in [0.25, 0.3) is 0 Å². The van der Waals surface area contributed by atoms with Crippen molar-refractivity contribution in [3.63, 3.8) is 0 Å². The van der Waals surface area contributed by atoms with E-state index in [0.717, 1.165) is 17.7 Å². The minimum absolute atomic E-state index is 0.0240. The average molecular weight is 611 g/mol. The zero-order valence-corrected chi connectivity index (χ0v) is 25.3. The highest BCUT2D eigenvalue weighted by molar-refractivity contribution is 5.98. The third kappa shape index (κ3) is 12.8. The molecule has 0 unspecified atom stereocenters. The maximum Gasteiger partial charge on any atom is 0.514 e. The van der Waals surface area contributed by atoms with Gasteiger partial charge in [-0.25, -0.2) is 9.59 Å². The molecule has 4 N–H and O–H groups in total. The van der Waals surface area contributed by atoms with Crippen LogP contribution in [0.1, 0.15) is 38.3 Å². The van der Waals surface area contributed by atoms with Gasteiger partial charge in [-0.1, -0.05) is 43.7 Å². The van der Waals surface area contributed by atoms with Crippen molar-refractivity contribution in [1.82, 2.24) is 16.0 Å². The number of carbonyl (C=O) groups excluding carboxylic acids is 6. The molecule has 2 rings (SSSR count). The van der Waals surface area contributed by atoms with Crippen LogP contribution in [0, 0.1) is 12.8 Å². The minimum atomic E-state index is -0.930. The van der Waals surface area contributed by atoms with Crippen LogP contribution >= 0.6 is 0 Å². The van der Waals surface area contributed by atoms with Crippen molar-refractivity contribution in [1.29, 1.82) is 0 Å². The second-order valence-electron chi connectivity index (χ2n) is 10.1. The van der Waals surface area contributed by atoms with Gasteiger partial charge in [-0.05, 0) is 49.6 Å². The number of amides is 4. The molecule has 2 aromatic rings. The third-order valence-corrected chi connectivity index (χ3v) is 6.04. The fourth-order valence-electron chi connectivity index (χ4n) is 3.53. The van der Waals surface area contributed by atoms with E-state index in [1.165, 1.54) is 14.0 Å². The first-order valence-electron chi connectivity index (χ1n) is 13.8. The largest absolute Gasteiger partial charge is 0.514 e. The van der Waals surface area contributed by atoms with Crippen molar-refractivity contribution in [3.8, 4) is 5.75 Å². The molecule has 0 spiro atoms. The Balaban J connectivity index is 1.79. The zero-order valence-electron chi connectivity index (χ0n) is 25.3. The summed E-state index contributed by atoms with van der Waals surface area (Å²) in [5.41, 5.74) is 2.15. The highest BCUT2D eigenvalue weighted by Gasteiger charge is 2.27. The summed E-state index contributed by atoms with van der Waals surface area (Å²) in [5, 5.41) is 10.4. The fraction of sp³-hybridized carbons (Fsp3) is 0.355. The topological polar surface area (TPSA) is 178 Å². The Morgan fingerprint density at radius 2 is 1.50 bits per heavy atom. The molecular weight excluding hydrogens is 572 g/mol. The van der Waals surface area contributed by atoms with Crippen LogP contribution in [-0.4, -0.2) is 61.5 Å². The number of hydrogen-bond acceptors (Lipinski definition) is 9. The molecule has 0 aromatic heterocycles. The van der Waals surface area contributed by atoms with Gasteiger partial charge in [0.05, 0.1) is 7.11 Å². The lowest BCUT2D eigenvalue weighted by Crippen LogP contribution is -2.54. The fourth-order valence-corrected chi connectivity index (χ4v) is 3.53. The molecule has 0 saturated carbocycles. The number of benzene rings is 2. The molecule has 236 valence electrons. The minimum Gasteiger partial charge on any atom is -0.466 e. The Morgan fingerprint density at radius 1 is 0.841 bits per heavy atom. The molecule has 0 bridgehead atoms. The number of aryl methyl sites for hydroxylation is 1. The monoisotopic (exact) mass is 610 g/mol. The van der Waals surface area contributed by atoms with Crippen molar-refractivity contribution in [2.24, 2.45) is 5.92 Å². The Morgan fingerprint density at radius 3 is 2.11 bits per heavy atom. The maximum absolute atomic E-state index is 12.9. The van der Waals surface area contributed by atoms with Crippen LogP contribution in [0.25, 0.3) is 0 Å². The summed E-state index contributed by atoms with van der Waals surface area (Å²) in [4.78, 5) is 72.6. The molecule has 2 atom stereocenters. The summed E-state index contributed by atoms with van der Waals surface area (Å²) >= 11 is 0. The molecule has 0 aliphatic rings. The standard InChI is InChI=1S/C31H38N4O9/c1-19(2)28(35-26(37)16-17-32-25(36)14-15-27(38)42-5)30(40)33-21(4)29(39)34-23-10-8-22(9-11-23)18-43-31(41)44-24-12-6-20(3)7-13-24/h6-15,19,21,28H,16-18H2,1-5H3,(H,32,36)(H,33,40)(H,34,39)(H,35,37)/b15-14-/t21-,28-/m0/s1. The number of nitrogens with one attached hydrogen (secondary N) is 4. The van der Waals surface area contributed by atoms with Crippen LogP contribution in [0.4, 0.5) is 10.5 Å². The third-order valence-electron chi connectivity index (χ3n) is 6.04. The molecule has 4 amide bonds. The van der Waals surface area contributed by atoms with E-state index < -0.39 is 47.8 Å². The zero-order chi connectivity index (χ0) is 32.6. The first-order valence-corrected chi connectivity index (χ1v) is 13.8. The van der Waals surface area contributed by atoms with Gasteiger partial charge in [-0.3, -0.25) is 19.2 Å². The van der Waals surface area contributed by atoms with Crippen molar-refractivity contribution < 1.29 is 43.0 Å². The van der Waals surface area contributed by atoms with E-state index >= 15 is 0 Å². The van der Waals surface area contributed by atoms with Crippen LogP contribution < -0.4 is 26.0 Å². The molecule has 0 radical (unpaired) electrons. The van der Waals surface area contributed by atoms with Crippen molar-refractivity contribution >= 4 is 41.4 Å². The maximum atomic E-state index is 12.9. The van der Waals surface area contributed by atoms with E-state index in [0.29, 0.717) is 17.0 Å². The smallest absolute Gasteiger partial charge is 0.466 e. The van der Waals surface area contributed by atoms with E-state index in [-0.39, 0.29) is 25.5 Å². The van der Waals surface area contributed by atoms with E-state index in [1.807, 2.05) is 19.1 Å². The lowest BCUT2D eigenvalue weighted by atomic mass is 10.0. The van der Waals surface area contributed by atoms with E-state index in [1.54, 1.807) is 50.2 Å². The van der Waals surface area contributed by atoms with Gasteiger partial charge in [-0.2, -0.15) is 0 Å². The number of methoxy groups -OCH3 is 1. The molecule has 44 heavy (non-hydrogen) atoms. The molecule has 0 aliphatic heterocycles. The van der Waals surface area contributed by atoms with Gasteiger partial charge in [0.1, 0.15) is 24.4 Å². The van der Waals surface area contributed by atoms with Gasteiger partial charge in [0.2, 0.25) is 23.6 Å². The van der Waals surface area contributed by atoms with Crippen LogP contribution in [0.15, 0.2) is 60.7 Å². The highest BCUT2D eigenvalue weighted by atomic mass is 16.7. The van der Waals surface area contributed by atoms with Crippen LogP contribution in [0.5, 0.6) is 5.75 Å². The molecule has 0 saturated heterocycles. The first-order chi connectivity index (χ1) is 20.9. The molecule has 13 nitrogen and oxygen atoms in total. The first kappa shape index (κ1) is 35.0. The second-order valence-corrected chi connectivity index (χ2v) is 10.1. The van der Waals surface area contributed by atoms with Gasteiger partial charge >= 0.3 is 12.1 Å². The predicted molar refractivity (Wildman–Crippen MR) is 160 cm³/mol. The number of rotatable bonds is 14. The number of anilines is 1. The lowest BCUT2D eigenvalue weighted by molar-refractivity contribution is -0.135. The number of carbonyl (C=O) groups is 6. The van der Waals surface area contributed by atoms with Gasteiger partial charge in [-0.15, -0.1) is 0 Å². The molecule has 13 heteroatoms. The Labute approximate surface area is 255 Å². The normalized spacial score (nSPS) is 12.0. The van der Waals surface area contributed by atoms with Gasteiger partial charge in [0.15, 0.2) is 0 Å². The van der Waals surface area contributed by atoms with Crippen LogP contribution in [-0.2, 0) is 40.1 Å². The van der Waals surface area contributed by atoms with Gasteiger partial charge < -0.3 is 35.5 Å². The Hall–Kier alpha value is -5.20. The second kappa shape index (κ2) is 17.7. The lowest BCUT2D eigenvalue weighted by Gasteiger charge is -2.24. The van der Waals surface area contributed by atoms with E-state index in [4.69, 9.17) is 9.47 Å². The molecular formula is C31H38N4O9. The highest BCUT2D eigenvalue weighted by Crippen LogP contribution is 2.14. The summed E-state index contributed by atoms with van der Waals surface area (Å²) in [7, 11) is 1.18. The van der Waals surface area contributed by atoms with Crippen LogP contribution in [0.3, 0.4) is 0 Å². The number of esters is 1. The Bertz CT molecular complexity index is 1340. The van der Waals surface area contributed by atoms with E-state index in [9.17, 15) is 28.8 Å². The quantitative estimate of drug-likeness (QED) is 0.142. The Kier molecular flexibility index (Phi) is 14.1. The van der Waals surface area contributed by atoms with Crippen LogP contribution in [0.2, 0.25) is 0 Å². The van der Waals surface area contributed by atoms with Crippen molar-refractivity contribution in [2.45, 2.75) is 52.8 Å². The van der Waals surface area contributed by atoms with Crippen molar-refractivity contribution in [2.75, 3.05) is 19.0 Å². The molecule has 0 aliphatic carbocycles. The average Bonchev–Trinajstić information content (AvgIpc) is 2.99. The van der Waals surface area contributed by atoms with Crippen molar-refractivity contribution in [3.05, 3.63) is 71.8 Å². The summed E-state index contributed by atoms with van der Waals surface area (Å²) in [6.07, 6.45) is 0.975. The van der Waals surface area contributed by atoms with E-state index in [2.05, 4.69) is 26.0 Å². The number of hydrogen-bond donors (Lipinski definition) is 4.